The summed E-state index contributed by atoms with van der Waals surface area (Å²) in [5.41, 5.74) is 2.17. The summed E-state index contributed by atoms with van der Waals surface area (Å²) in [5.74, 6) is 0.0797. The Morgan fingerprint density at radius 2 is 1.82 bits per heavy atom. The molecule has 0 bridgehead atoms. The van der Waals surface area contributed by atoms with Crippen LogP contribution in [0.1, 0.15) is 14.8 Å². The van der Waals surface area contributed by atoms with Crippen molar-refractivity contribution < 1.29 is 31.0 Å². The minimum atomic E-state index is -4.62. The van der Waals surface area contributed by atoms with Gasteiger partial charge >= 0.3 is 6.18 Å². The van der Waals surface area contributed by atoms with Gasteiger partial charge in [-0.3, -0.25) is 4.79 Å². The fourth-order valence-corrected chi connectivity index (χ4v) is 3.90. The molecule has 1 fully saturated rings. The summed E-state index contributed by atoms with van der Waals surface area (Å²) in [7, 11) is 0. The van der Waals surface area contributed by atoms with Crippen molar-refractivity contribution in [3.05, 3.63) is 48.0 Å². The van der Waals surface area contributed by atoms with Crippen molar-refractivity contribution >= 4 is 22.6 Å². The molecule has 1 atom stereocenters. The number of fused-ring (bicyclic) bond motifs is 1. The zero-order chi connectivity index (χ0) is 23.8. The molecule has 2 N–H and O–H groups in total. The van der Waals surface area contributed by atoms with Crippen LogP contribution < -0.4 is 4.90 Å². The number of alkyl halides is 3. The van der Waals surface area contributed by atoms with E-state index in [4.69, 9.17) is 4.98 Å². The molecular weight excluding hydrogens is 437 g/mol. The Labute approximate surface area is 191 Å². The summed E-state index contributed by atoms with van der Waals surface area (Å²) in [6.07, 6.45) is -8.28. The number of phenols is 1. The van der Waals surface area contributed by atoms with E-state index in [1.54, 1.807) is 24.3 Å². The van der Waals surface area contributed by atoms with Crippen LogP contribution in [-0.4, -0.2) is 69.4 Å². The maximum atomic E-state index is 12.5. The zero-order valence-corrected chi connectivity index (χ0v) is 17.9. The first-order valence-electron chi connectivity index (χ1n) is 10.5. The van der Waals surface area contributed by atoms with E-state index in [0.717, 1.165) is 10.9 Å². The van der Waals surface area contributed by atoms with Crippen molar-refractivity contribution in [3.63, 3.8) is 0 Å². The van der Waals surface area contributed by atoms with Crippen LogP contribution in [0.2, 0.25) is 0 Å². The summed E-state index contributed by atoms with van der Waals surface area (Å²) in [5, 5.41) is 20.7. The molecule has 1 aliphatic heterocycles. The molecule has 33 heavy (non-hydrogen) atoms. The van der Waals surface area contributed by atoms with Gasteiger partial charge in [-0.1, -0.05) is 18.2 Å². The average molecular weight is 464 g/mol. The molecular formula is C23H27F3N4O3. The van der Waals surface area contributed by atoms with Gasteiger partial charge in [0, 0.05) is 34.4 Å². The second-order valence-corrected chi connectivity index (χ2v) is 8.06. The molecule has 10 heteroatoms. The number of para-hydroxylation sites is 1. The first kappa shape index (κ1) is 22.8. The molecule has 2 aromatic carbocycles. The predicted octanol–water partition coefficient (Wildman–Crippen LogP) is 3.76. The molecule has 1 amide bonds. The van der Waals surface area contributed by atoms with Gasteiger partial charge < -0.3 is 20.0 Å². The zero-order valence-electron chi connectivity index (χ0n) is 17.9. The van der Waals surface area contributed by atoms with Crippen LogP contribution in [0.5, 0.6) is 5.75 Å². The third kappa shape index (κ3) is 5.00. The molecule has 0 spiro atoms. The highest BCUT2D eigenvalue weighted by molar-refractivity contribution is 5.92. The second kappa shape index (κ2) is 8.86. The van der Waals surface area contributed by atoms with Gasteiger partial charge in [0.25, 0.3) is 5.91 Å². The van der Waals surface area contributed by atoms with Crippen LogP contribution in [0, 0.1) is 6.92 Å². The van der Waals surface area contributed by atoms with Crippen LogP contribution >= 0.6 is 0 Å². The largest absolute Gasteiger partial charge is 0.507 e. The van der Waals surface area contributed by atoms with Gasteiger partial charge in [-0.15, -0.1) is 0 Å². The van der Waals surface area contributed by atoms with Gasteiger partial charge in [0.1, 0.15) is 17.7 Å². The van der Waals surface area contributed by atoms with E-state index in [9.17, 15) is 28.2 Å². The number of carbonyl (C=O) groups excluding carboxylic acids is 1. The predicted molar refractivity (Wildman–Crippen MR) is 121 cm³/mol. The van der Waals surface area contributed by atoms with E-state index in [0.29, 0.717) is 35.8 Å². The summed E-state index contributed by atoms with van der Waals surface area (Å²) < 4.78 is 37.6. The SMILES string of the molecule is Cc1ccc2c(N3CCN(C(=O)C(O)CC(F)(F)F)CC3)nc(-c3ccccc3O)nc2c1.[HH].[HH]. The molecule has 4 rings (SSSR count). The van der Waals surface area contributed by atoms with Crippen LogP contribution in [-0.2, 0) is 4.79 Å². The Bertz CT molecular complexity index is 1190. The number of aromatic nitrogens is 2. The van der Waals surface area contributed by atoms with Gasteiger partial charge in [-0.05, 0) is 36.8 Å². The van der Waals surface area contributed by atoms with Gasteiger partial charge in [-0.2, -0.15) is 13.2 Å². The number of anilines is 1. The lowest BCUT2D eigenvalue weighted by molar-refractivity contribution is -0.168. The minimum absolute atomic E-state index is 0. The molecule has 2 heterocycles. The quantitative estimate of drug-likeness (QED) is 0.611. The summed E-state index contributed by atoms with van der Waals surface area (Å²) in [6.45, 7) is 2.89. The maximum Gasteiger partial charge on any atom is 0.392 e. The number of rotatable bonds is 4. The van der Waals surface area contributed by atoms with E-state index >= 15 is 0 Å². The van der Waals surface area contributed by atoms with Gasteiger partial charge in [-0.25, -0.2) is 9.97 Å². The number of hydrogen-bond donors (Lipinski definition) is 2. The Morgan fingerprint density at radius 1 is 1.12 bits per heavy atom. The molecule has 1 unspecified atom stereocenters. The van der Waals surface area contributed by atoms with E-state index in [-0.39, 0.29) is 21.7 Å². The average Bonchev–Trinajstić information content (AvgIpc) is 2.77. The van der Waals surface area contributed by atoms with Crippen LogP contribution in [0.3, 0.4) is 0 Å². The Hall–Kier alpha value is -3.40. The lowest BCUT2D eigenvalue weighted by Crippen LogP contribution is -2.52. The molecule has 0 saturated carbocycles. The van der Waals surface area contributed by atoms with E-state index in [2.05, 4.69) is 4.98 Å². The highest BCUT2D eigenvalue weighted by Gasteiger charge is 2.37. The number of halogens is 3. The van der Waals surface area contributed by atoms with Crippen molar-refractivity contribution in [2.75, 3.05) is 31.1 Å². The van der Waals surface area contributed by atoms with Crippen molar-refractivity contribution in [2.24, 2.45) is 0 Å². The first-order valence-corrected chi connectivity index (χ1v) is 10.5. The van der Waals surface area contributed by atoms with Crippen molar-refractivity contribution in [1.29, 1.82) is 0 Å². The van der Waals surface area contributed by atoms with Gasteiger partial charge in [0.2, 0.25) is 0 Å². The molecule has 178 valence electrons. The number of piperazine rings is 1. The smallest absolute Gasteiger partial charge is 0.392 e. The van der Waals surface area contributed by atoms with Crippen molar-refractivity contribution in [1.82, 2.24) is 14.9 Å². The second-order valence-electron chi connectivity index (χ2n) is 8.06. The number of aliphatic hydroxyl groups excluding tert-OH is 1. The fourth-order valence-electron chi connectivity index (χ4n) is 3.90. The molecule has 1 saturated heterocycles. The minimum Gasteiger partial charge on any atom is -0.507 e. The summed E-state index contributed by atoms with van der Waals surface area (Å²) in [6, 6.07) is 12.5. The maximum absolute atomic E-state index is 12.5. The highest BCUT2D eigenvalue weighted by atomic mass is 19.4. The number of aryl methyl sites for hydroxylation is 1. The lowest BCUT2D eigenvalue weighted by atomic mass is 10.1. The van der Waals surface area contributed by atoms with Crippen molar-refractivity contribution in [2.45, 2.75) is 25.6 Å². The molecule has 0 radical (unpaired) electrons. The molecule has 7 nitrogen and oxygen atoms in total. The monoisotopic (exact) mass is 464 g/mol. The Balaban J connectivity index is 0.00000216. The number of aliphatic hydroxyl groups is 1. The first-order chi connectivity index (χ1) is 15.6. The Morgan fingerprint density at radius 3 is 2.48 bits per heavy atom. The van der Waals surface area contributed by atoms with Crippen LogP contribution in [0.4, 0.5) is 19.0 Å². The van der Waals surface area contributed by atoms with Gasteiger partial charge in [0.05, 0.1) is 17.5 Å². The summed E-state index contributed by atoms with van der Waals surface area (Å²) >= 11 is 0. The van der Waals surface area contributed by atoms with Crippen molar-refractivity contribution in [3.8, 4) is 17.1 Å². The number of carbonyl (C=O) groups is 1. The number of aromatic hydroxyl groups is 1. The third-order valence-electron chi connectivity index (χ3n) is 5.58. The van der Waals surface area contributed by atoms with Crippen LogP contribution in [0.25, 0.3) is 22.3 Å². The Kier molecular flexibility index (Phi) is 6.11. The molecule has 1 aromatic heterocycles. The third-order valence-corrected chi connectivity index (χ3v) is 5.58. The van der Waals surface area contributed by atoms with E-state index in [1.165, 1.54) is 4.90 Å². The number of phenolic OH excluding ortho intramolecular Hbond substituents is 1. The number of amides is 1. The van der Waals surface area contributed by atoms with E-state index < -0.39 is 24.6 Å². The standard InChI is InChI=1S/C23H23F3N4O3.2H2/c1-14-6-7-15-17(12-14)27-20(16-4-2-3-5-18(16)31)28-21(15)29-8-10-30(11-9-29)22(33)19(32)13-23(24,25)26;;/h2-7,12,19,31-32H,8-11,13H2,1H3;2*1H. The molecule has 0 aliphatic carbocycles. The lowest BCUT2D eigenvalue weighted by Gasteiger charge is -2.36. The fraction of sp³-hybridized carbons (Fsp3) is 0.348. The normalized spacial score (nSPS) is 15.7. The molecule has 1 aliphatic rings. The summed E-state index contributed by atoms with van der Waals surface area (Å²) in [4.78, 5) is 24.7. The van der Waals surface area contributed by atoms with E-state index in [1.807, 2.05) is 30.0 Å². The number of hydrogen-bond acceptors (Lipinski definition) is 6. The number of nitrogens with zero attached hydrogens (tertiary/aromatic N) is 4. The topological polar surface area (TPSA) is 89.8 Å². The van der Waals surface area contributed by atoms with Gasteiger partial charge in [0.15, 0.2) is 5.82 Å². The van der Waals surface area contributed by atoms with Crippen LogP contribution in [0.15, 0.2) is 42.5 Å². The highest BCUT2D eigenvalue weighted by Crippen LogP contribution is 2.32. The number of benzene rings is 2. The molecule has 3 aromatic rings.